The van der Waals surface area contributed by atoms with E-state index in [4.69, 9.17) is 9.51 Å². The van der Waals surface area contributed by atoms with Gasteiger partial charge in [0, 0.05) is 17.9 Å². The molecule has 3 aliphatic rings. The third-order valence-corrected chi connectivity index (χ3v) is 6.10. The van der Waals surface area contributed by atoms with Gasteiger partial charge in [0.2, 0.25) is 5.89 Å². The van der Waals surface area contributed by atoms with Crippen LogP contribution in [0.5, 0.6) is 0 Å². The van der Waals surface area contributed by atoms with E-state index in [0.29, 0.717) is 17.9 Å². The third kappa shape index (κ3) is 2.63. The number of hydrogen-bond donors (Lipinski definition) is 1. The van der Waals surface area contributed by atoms with Gasteiger partial charge in [-0.2, -0.15) is 4.98 Å². The first kappa shape index (κ1) is 13.7. The second-order valence-corrected chi connectivity index (χ2v) is 7.38. The van der Waals surface area contributed by atoms with Crippen molar-refractivity contribution in [3.8, 4) is 0 Å². The molecular formula is C17H27N3O. The van der Waals surface area contributed by atoms with Crippen molar-refractivity contribution in [3.05, 3.63) is 11.7 Å². The van der Waals surface area contributed by atoms with Gasteiger partial charge >= 0.3 is 0 Å². The molecule has 3 unspecified atom stereocenters. The number of rotatable bonds is 4. The average molecular weight is 289 g/mol. The van der Waals surface area contributed by atoms with Crippen LogP contribution in [0.4, 0.5) is 0 Å². The Morgan fingerprint density at radius 3 is 2.62 bits per heavy atom. The fourth-order valence-corrected chi connectivity index (χ4v) is 4.96. The summed E-state index contributed by atoms with van der Waals surface area (Å²) < 4.78 is 5.64. The topological polar surface area (TPSA) is 51.0 Å². The normalized spacial score (nSPS) is 39.0. The highest BCUT2D eigenvalue weighted by Gasteiger charge is 2.42. The molecule has 1 N–H and O–H groups in total. The SMILES string of the molecule is CCNC1CCC(c2nc(C3CC4CCC3C4)no2)CC1. The molecule has 0 aliphatic heterocycles. The van der Waals surface area contributed by atoms with Crippen molar-refractivity contribution in [3.63, 3.8) is 0 Å². The summed E-state index contributed by atoms with van der Waals surface area (Å²) in [6, 6.07) is 0.694. The minimum Gasteiger partial charge on any atom is -0.339 e. The Bertz CT molecular complexity index is 478. The van der Waals surface area contributed by atoms with Crippen LogP contribution in [0.1, 0.15) is 81.8 Å². The smallest absolute Gasteiger partial charge is 0.229 e. The Morgan fingerprint density at radius 2 is 1.95 bits per heavy atom. The molecule has 0 saturated heterocycles. The molecule has 21 heavy (non-hydrogen) atoms. The van der Waals surface area contributed by atoms with Gasteiger partial charge < -0.3 is 9.84 Å². The zero-order valence-corrected chi connectivity index (χ0v) is 13.1. The lowest BCUT2D eigenvalue weighted by Crippen LogP contribution is -2.32. The summed E-state index contributed by atoms with van der Waals surface area (Å²) in [4.78, 5) is 4.81. The second kappa shape index (κ2) is 5.71. The standard InChI is InChI=1S/C17H27N3O/c1-2-18-14-7-5-12(6-8-14)17-19-16(20-21-17)15-10-11-3-4-13(15)9-11/h11-15,18H,2-10H2,1H3. The van der Waals surface area contributed by atoms with Crippen LogP contribution in [-0.4, -0.2) is 22.7 Å². The van der Waals surface area contributed by atoms with E-state index in [1.54, 1.807) is 0 Å². The Labute approximate surface area is 127 Å². The molecule has 3 saturated carbocycles. The summed E-state index contributed by atoms with van der Waals surface area (Å²) in [5.74, 6) is 4.82. The minimum atomic E-state index is 0.500. The molecule has 3 aliphatic carbocycles. The van der Waals surface area contributed by atoms with Gasteiger partial charge in [-0.1, -0.05) is 18.5 Å². The molecule has 3 atom stereocenters. The maximum absolute atomic E-state index is 5.64. The van der Waals surface area contributed by atoms with Gasteiger partial charge in [0.25, 0.3) is 0 Å². The molecule has 1 aromatic heterocycles. The van der Waals surface area contributed by atoms with Crippen molar-refractivity contribution in [1.29, 1.82) is 0 Å². The molecule has 2 bridgehead atoms. The predicted octanol–water partition coefficient (Wildman–Crippen LogP) is 3.61. The fourth-order valence-electron chi connectivity index (χ4n) is 4.96. The van der Waals surface area contributed by atoms with Gasteiger partial charge in [-0.15, -0.1) is 0 Å². The lowest BCUT2D eigenvalue weighted by atomic mass is 9.85. The Hall–Kier alpha value is -0.900. The highest BCUT2D eigenvalue weighted by molar-refractivity contribution is 5.08. The van der Waals surface area contributed by atoms with Crippen molar-refractivity contribution in [2.75, 3.05) is 6.54 Å². The predicted molar refractivity (Wildman–Crippen MR) is 81.2 cm³/mol. The molecule has 4 heteroatoms. The van der Waals surface area contributed by atoms with Gasteiger partial charge in [-0.25, -0.2) is 0 Å². The second-order valence-electron chi connectivity index (χ2n) is 7.38. The van der Waals surface area contributed by atoms with E-state index in [2.05, 4.69) is 17.4 Å². The molecule has 4 nitrogen and oxygen atoms in total. The monoisotopic (exact) mass is 289 g/mol. The maximum Gasteiger partial charge on any atom is 0.229 e. The number of nitrogens with one attached hydrogen (secondary N) is 1. The van der Waals surface area contributed by atoms with Crippen LogP contribution in [0.25, 0.3) is 0 Å². The van der Waals surface area contributed by atoms with Crippen molar-refractivity contribution in [2.45, 2.75) is 76.2 Å². The first-order valence-corrected chi connectivity index (χ1v) is 8.90. The van der Waals surface area contributed by atoms with Crippen LogP contribution in [-0.2, 0) is 0 Å². The average Bonchev–Trinajstić information content (AvgIpc) is 3.24. The molecule has 1 heterocycles. The molecule has 0 spiro atoms. The largest absolute Gasteiger partial charge is 0.339 e. The summed E-state index contributed by atoms with van der Waals surface area (Å²) in [6.45, 7) is 3.26. The quantitative estimate of drug-likeness (QED) is 0.920. The van der Waals surface area contributed by atoms with Crippen LogP contribution in [0.3, 0.4) is 0 Å². The van der Waals surface area contributed by atoms with Gasteiger partial charge in [-0.3, -0.25) is 0 Å². The zero-order chi connectivity index (χ0) is 14.2. The summed E-state index contributed by atoms with van der Waals surface area (Å²) in [7, 11) is 0. The van der Waals surface area contributed by atoms with Crippen molar-refractivity contribution < 1.29 is 4.52 Å². The van der Waals surface area contributed by atoms with E-state index in [-0.39, 0.29) is 0 Å². The summed E-state index contributed by atoms with van der Waals surface area (Å²) in [5.41, 5.74) is 0. The molecule has 0 aromatic carbocycles. The first-order chi connectivity index (χ1) is 10.3. The molecule has 116 valence electrons. The van der Waals surface area contributed by atoms with E-state index < -0.39 is 0 Å². The van der Waals surface area contributed by atoms with Crippen LogP contribution in [0.2, 0.25) is 0 Å². The van der Waals surface area contributed by atoms with E-state index in [0.717, 1.165) is 30.1 Å². The number of fused-ring (bicyclic) bond motifs is 2. The molecule has 1 aromatic rings. The maximum atomic E-state index is 5.64. The van der Waals surface area contributed by atoms with Gasteiger partial charge in [0.05, 0.1) is 0 Å². The molecule has 0 amide bonds. The molecule has 0 radical (unpaired) electrons. The summed E-state index contributed by atoms with van der Waals surface area (Å²) in [5, 5.41) is 7.90. The highest BCUT2D eigenvalue weighted by Crippen LogP contribution is 2.52. The van der Waals surface area contributed by atoms with E-state index in [1.807, 2.05) is 0 Å². The van der Waals surface area contributed by atoms with E-state index >= 15 is 0 Å². The van der Waals surface area contributed by atoms with Crippen LogP contribution < -0.4 is 5.32 Å². The molecule has 3 fully saturated rings. The minimum absolute atomic E-state index is 0.500. The van der Waals surface area contributed by atoms with Gasteiger partial charge in [-0.05, 0) is 63.3 Å². The van der Waals surface area contributed by atoms with E-state index in [1.165, 1.54) is 51.4 Å². The van der Waals surface area contributed by atoms with Crippen molar-refractivity contribution in [2.24, 2.45) is 11.8 Å². The van der Waals surface area contributed by atoms with Crippen LogP contribution in [0.15, 0.2) is 4.52 Å². The molecular weight excluding hydrogens is 262 g/mol. The van der Waals surface area contributed by atoms with Gasteiger partial charge in [0.1, 0.15) is 0 Å². The number of hydrogen-bond acceptors (Lipinski definition) is 4. The summed E-state index contributed by atoms with van der Waals surface area (Å²) >= 11 is 0. The highest BCUT2D eigenvalue weighted by atomic mass is 16.5. The van der Waals surface area contributed by atoms with Crippen LogP contribution >= 0.6 is 0 Å². The van der Waals surface area contributed by atoms with E-state index in [9.17, 15) is 0 Å². The lowest BCUT2D eigenvalue weighted by Gasteiger charge is -2.26. The van der Waals surface area contributed by atoms with Crippen LogP contribution in [0, 0.1) is 11.8 Å². The molecule has 4 rings (SSSR count). The van der Waals surface area contributed by atoms with Crippen molar-refractivity contribution in [1.82, 2.24) is 15.5 Å². The Morgan fingerprint density at radius 1 is 1.10 bits per heavy atom. The Kier molecular flexibility index (Phi) is 3.74. The third-order valence-electron chi connectivity index (χ3n) is 6.10. The zero-order valence-electron chi connectivity index (χ0n) is 13.1. The van der Waals surface area contributed by atoms with Gasteiger partial charge in [0.15, 0.2) is 5.82 Å². The summed E-state index contributed by atoms with van der Waals surface area (Å²) in [6.07, 6.45) is 10.4. The Balaban J connectivity index is 1.39. The number of nitrogens with zero attached hydrogens (tertiary/aromatic N) is 2. The first-order valence-electron chi connectivity index (χ1n) is 8.90. The number of aromatic nitrogens is 2. The lowest BCUT2D eigenvalue weighted by molar-refractivity contribution is 0.282. The fraction of sp³-hybridized carbons (Fsp3) is 0.882. The van der Waals surface area contributed by atoms with Crippen molar-refractivity contribution >= 4 is 0 Å².